The van der Waals surface area contributed by atoms with Crippen molar-refractivity contribution in [3.05, 3.63) is 58.8 Å². The molecule has 1 N–H and O–H groups in total. The largest absolute Gasteiger partial charge is 0.374 e. The Balaban J connectivity index is 2.03. The first-order valence-corrected chi connectivity index (χ1v) is 7.45. The summed E-state index contributed by atoms with van der Waals surface area (Å²) >= 11 is 3.20. The van der Waals surface area contributed by atoms with Gasteiger partial charge in [-0.1, -0.05) is 34.1 Å². The molecule has 0 unspecified atom stereocenters. The summed E-state index contributed by atoms with van der Waals surface area (Å²) < 4.78 is 14.4. The Morgan fingerprint density at radius 3 is 2.57 bits per heavy atom. The highest BCUT2D eigenvalue weighted by Gasteiger charge is 2.14. The molecular weight excluding hydrogens is 335 g/mol. The van der Waals surface area contributed by atoms with Gasteiger partial charge in [-0.25, -0.2) is 4.39 Å². The molecule has 0 heterocycles. The van der Waals surface area contributed by atoms with Crippen LogP contribution in [0.25, 0.3) is 0 Å². The number of amides is 1. The molecule has 0 aliphatic carbocycles. The number of hydrogen-bond acceptors (Lipinski definition) is 2. The van der Waals surface area contributed by atoms with Crippen LogP contribution in [0.1, 0.15) is 6.92 Å². The second kappa shape index (κ2) is 7.22. The summed E-state index contributed by atoms with van der Waals surface area (Å²) in [5.41, 5.74) is 1.15. The smallest absolute Gasteiger partial charge is 0.246 e. The number of nitrogens with one attached hydrogen (secondary N) is 1. The molecule has 1 amide bonds. The molecule has 0 aliphatic rings. The normalized spacial score (nSPS) is 10.2. The minimum atomic E-state index is -0.389. The van der Waals surface area contributed by atoms with E-state index in [1.54, 1.807) is 17.0 Å². The van der Waals surface area contributed by atoms with Crippen LogP contribution in [-0.2, 0) is 4.79 Å². The molecule has 0 aliphatic heterocycles. The van der Waals surface area contributed by atoms with Crippen LogP contribution in [0.3, 0.4) is 0 Å². The van der Waals surface area contributed by atoms with E-state index < -0.39 is 0 Å². The molecule has 0 atom stereocenters. The zero-order valence-electron chi connectivity index (χ0n) is 11.6. The third-order valence-corrected chi connectivity index (χ3v) is 3.54. The topological polar surface area (TPSA) is 32.3 Å². The van der Waals surface area contributed by atoms with Crippen molar-refractivity contribution in [3.8, 4) is 0 Å². The second-order valence-corrected chi connectivity index (χ2v) is 5.37. The van der Waals surface area contributed by atoms with Crippen molar-refractivity contribution in [2.24, 2.45) is 0 Å². The minimum Gasteiger partial charge on any atom is -0.374 e. The molecule has 0 bridgehead atoms. The predicted octanol–water partition coefficient (Wildman–Crippen LogP) is 4.05. The highest BCUT2D eigenvalue weighted by molar-refractivity contribution is 9.10. The quantitative estimate of drug-likeness (QED) is 0.881. The molecule has 0 fully saturated rings. The molecule has 0 saturated heterocycles. The van der Waals surface area contributed by atoms with Gasteiger partial charge in [-0.3, -0.25) is 4.79 Å². The molecule has 5 heteroatoms. The average Bonchev–Trinajstić information content (AvgIpc) is 2.48. The fourth-order valence-electron chi connectivity index (χ4n) is 2.01. The van der Waals surface area contributed by atoms with Crippen LogP contribution in [-0.4, -0.2) is 19.0 Å². The van der Waals surface area contributed by atoms with E-state index in [-0.39, 0.29) is 18.3 Å². The number of anilines is 2. The van der Waals surface area contributed by atoms with Crippen LogP contribution in [0.5, 0.6) is 0 Å². The van der Waals surface area contributed by atoms with Crippen molar-refractivity contribution >= 4 is 33.2 Å². The first-order chi connectivity index (χ1) is 10.1. The lowest BCUT2D eigenvalue weighted by Crippen LogP contribution is -2.35. The molecule has 2 rings (SSSR count). The number of benzene rings is 2. The Bertz CT molecular complexity index is 619. The molecule has 0 spiro atoms. The van der Waals surface area contributed by atoms with Gasteiger partial charge in [0.05, 0.1) is 12.2 Å². The van der Waals surface area contributed by atoms with Gasteiger partial charge in [-0.2, -0.15) is 0 Å². The SMILES string of the molecule is CCN(C(=O)CNc1ccc(Br)cc1F)c1ccccc1. The fraction of sp³-hybridized carbons (Fsp3) is 0.188. The number of hydrogen-bond donors (Lipinski definition) is 1. The van der Waals surface area contributed by atoms with Crippen LogP contribution in [0.15, 0.2) is 53.0 Å². The van der Waals surface area contributed by atoms with Crippen LogP contribution >= 0.6 is 15.9 Å². The third-order valence-electron chi connectivity index (χ3n) is 3.05. The van der Waals surface area contributed by atoms with Gasteiger partial charge in [-0.05, 0) is 37.3 Å². The van der Waals surface area contributed by atoms with Crippen LogP contribution < -0.4 is 10.2 Å². The Morgan fingerprint density at radius 2 is 1.95 bits per heavy atom. The summed E-state index contributed by atoms with van der Waals surface area (Å²) in [6, 6.07) is 14.1. The van der Waals surface area contributed by atoms with E-state index in [1.165, 1.54) is 6.07 Å². The Hall–Kier alpha value is -1.88. The van der Waals surface area contributed by atoms with Gasteiger partial charge in [0, 0.05) is 16.7 Å². The molecule has 2 aromatic rings. The van der Waals surface area contributed by atoms with Crippen molar-refractivity contribution in [3.63, 3.8) is 0 Å². The van der Waals surface area contributed by atoms with Crippen molar-refractivity contribution in [1.29, 1.82) is 0 Å². The van der Waals surface area contributed by atoms with Gasteiger partial charge in [-0.15, -0.1) is 0 Å². The summed E-state index contributed by atoms with van der Waals surface area (Å²) in [5.74, 6) is -0.494. The van der Waals surface area contributed by atoms with Gasteiger partial charge >= 0.3 is 0 Å². The molecule has 0 saturated carbocycles. The standard InChI is InChI=1S/C16H16BrFN2O/c1-2-20(13-6-4-3-5-7-13)16(21)11-19-15-9-8-12(17)10-14(15)18/h3-10,19H,2,11H2,1H3. The van der Waals surface area contributed by atoms with Crippen LogP contribution in [0.4, 0.5) is 15.8 Å². The van der Waals surface area contributed by atoms with Crippen molar-refractivity contribution in [2.45, 2.75) is 6.92 Å². The summed E-state index contributed by atoms with van der Waals surface area (Å²) in [4.78, 5) is 13.9. The lowest BCUT2D eigenvalue weighted by molar-refractivity contribution is -0.116. The maximum atomic E-state index is 13.7. The van der Waals surface area contributed by atoms with E-state index in [9.17, 15) is 9.18 Å². The lowest BCUT2D eigenvalue weighted by Gasteiger charge is -2.21. The monoisotopic (exact) mass is 350 g/mol. The first kappa shape index (κ1) is 15.5. The Labute approximate surface area is 131 Å². The number of halogens is 2. The number of carbonyl (C=O) groups excluding carboxylic acids is 1. The number of likely N-dealkylation sites (N-methyl/N-ethyl adjacent to an activating group) is 1. The van der Waals surface area contributed by atoms with Crippen LogP contribution in [0.2, 0.25) is 0 Å². The summed E-state index contributed by atoms with van der Waals surface area (Å²) in [6.45, 7) is 2.51. The Morgan fingerprint density at radius 1 is 1.24 bits per heavy atom. The van der Waals surface area contributed by atoms with E-state index in [2.05, 4.69) is 21.2 Å². The van der Waals surface area contributed by atoms with E-state index >= 15 is 0 Å². The molecule has 21 heavy (non-hydrogen) atoms. The molecule has 110 valence electrons. The summed E-state index contributed by atoms with van der Waals surface area (Å²) in [7, 11) is 0. The zero-order valence-corrected chi connectivity index (χ0v) is 13.2. The minimum absolute atomic E-state index is 0.0429. The number of carbonyl (C=O) groups is 1. The lowest BCUT2D eigenvalue weighted by atomic mass is 10.2. The summed E-state index contributed by atoms with van der Waals surface area (Å²) in [6.07, 6.45) is 0. The third kappa shape index (κ3) is 4.04. The molecule has 0 aromatic heterocycles. The van der Waals surface area contributed by atoms with Crippen molar-refractivity contribution in [2.75, 3.05) is 23.3 Å². The highest BCUT2D eigenvalue weighted by atomic mass is 79.9. The average molecular weight is 351 g/mol. The maximum absolute atomic E-state index is 13.7. The van der Waals surface area contributed by atoms with Gasteiger partial charge in [0.1, 0.15) is 5.82 Å². The van der Waals surface area contributed by atoms with E-state index in [1.807, 2.05) is 37.3 Å². The maximum Gasteiger partial charge on any atom is 0.246 e. The number of nitrogens with zero attached hydrogens (tertiary/aromatic N) is 1. The second-order valence-electron chi connectivity index (χ2n) is 4.45. The summed E-state index contributed by atoms with van der Waals surface area (Å²) in [5, 5.41) is 2.84. The van der Waals surface area contributed by atoms with Gasteiger partial charge in [0.15, 0.2) is 0 Å². The van der Waals surface area contributed by atoms with E-state index in [0.29, 0.717) is 16.7 Å². The molecular formula is C16H16BrFN2O. The predicted molar refractivity (Wildman–Crippen MR) is 87.1 cm³/mol. The first-order valence-electron chi connectivity index (χ1n) is 6.66. The van der Waals surface area contributed by atoms with Gasteiger partial charge in [0.2, 0.25) is 5.91 Å². The Kier molecular flexibility index (Phi) is 5.33. The number of para-hydroxylation sites is 1. The fourth-order valence-corrected chi connectivity index (χ4v) is 2.34. The highest BCUT2D eigenvalue weighted by Crippen LogP contribution is 2.19. The van der Waals surface area contributed by atoms with Gasteiger partial charge < -0.3 is 10.2 Å². The van der Waals surface area contributed by atoms with E-state index in [0.717, 1.165) is 5.69 Å². The number of rotatable bonds is 5. The van der Waals surface area contributed by atoms with E-state index in [4.69, 9.17) is 0 Å². The molecule has 2 aromatic carbocycles. The molecule has 0 radical (unpaired) electrons. The zero-order chi connectivity index (χ0) is 15.2. The van der Waals surface area contributed by atoms with Gasteiger partial charge in [0.25, 0.3) is 0 Å². The van der Waals surface area contributed by atoms with Crippen LogP contribution in [0, 0.1) is 5.82 Å². The molecule has 3 nitrogen and oxygen atoms in total. The van der Waals surface area contributed by atoms with Crippen molar-refractivity contribution in [1.82, 2.24) is 0 Å². The van der Waals surface area contributed by atoms with Crippen molar-refractivity contribution < 1.29 is 9.18 Å².